The Morgan fingerprint density at radius 3 is 2.58 bits per heavy atom. The number of pyridine rings is 1. The second-order valence-electron chi connectivity index (χ2n) is 7.77. The fraction of sp³-hybridized carbons (Fsp3) is 0.208. The van der Waals surface area contributed by atoms with Crippen molar-refractivity contribution in [2.24, 2.45) is 0 Å². The molecule has 1 atom stereocenters. The third kappa shape index (κ3) is 5.82. The second-order valence-corrected chi connectivity index (χ2v) is 9.48. The van der Waals surface area contributed by atoms with Crippen molar-refractivity contribution in [3.63, 3.8) is 0 Å². The number of nitrogens with zero attached hydrogens (tertiary/aromatic N) is 1. The van der Waals surface area contributed by atoms with Gasteiger partial charge in [-0.2, -0.15) is 4.72 Å². The van der Waals surface area contributed by atoms with Crippen LogP contribution >= 0.6 is 0 Å². The van der Waals surface area contributed by atoms with Gasteiger partial charge in [0.2, 0.25) is 21.8 Å². The topological polar surface area (TPSA) is 117 Å². The Bertz CT molecular complexity index is 1250. The predicted molar refractivity (Wildman–Crippen MR) is 124 cm³/mol. The molecule has 2 heterocycles. The lowest BCUT2D eigenvalue weighted by Gasteiger charge is -2.20. The van der Waals surface area contributed by atoms with E-state index in [1.807, 2.05) is 36.4 Å². The molecule has 33 heavy (non-hydrogen) atoms. The lowest BCUT2D eigenvalue weighted by Crippen LogP contribution is -2.47. The molecule has 170 valence electrons. The van der Waals surface area contributed by atoms with Crippen molar-refractivity contribution in [1.82, 2.24) is 15.0 Å². The van der Waals surface area contributed by atoms with Gasteiger partial charge in [-0.25, -0.2) is 8.42 Å². The molecule has 8 nitrogen and oxygen atoms in total. The van der Waals surface area contributed by atoms with Crippen molar-refractivity contribution in [2.75, 3.05) is 5.32 Å². The Morgan fingerprint density at radius 1 is 1.03 bits per heavy atom. The summed E-state index contributed by atoms with van der Waals surface area (Å²) in [5, 5.41) is 5.51. The van der Waals surface area contributed by atoms with Gasteiger partial charge in [0.25, 0.3) is 0 Å². The maximum Gasteiger partial charge on any atom is 0.241 e. The van der Waals surface area contributed by atoms with E-state index < -0.39 is 22.0 Å². The van der Waals surface area contributed by atoms with Crippen LogP contribution in [0, 0.1) is 0 Å². The number of nitrogens with one attached hydrogen (secondary N) is 3. The van der Waals surface area contributed by atoms with E-state index in [1.165, 1.54) is 6.07 Å². The molecule has 0 spiro atoms. The highest BCUT2D eigenvalue weighted by Gasteiger charge is 2.27. The molecule has 1 aromatic heterocycles. The average molecular weight is 465 g/mol. The molecule has 1 aliphatic heterocycles. The molecule has 2 amide bonds. The van der Waals surface area contributed by atoms with Crippen molar-refractivity contribution in [3.8, 4) is 0 Å². The number of fused-ring (bicyclic) bond motifs is 1. The summed E-state index contributed by atoms with van der Waals surface area (Å²) in [6, 6.07) is 18.1. The number of benzene rings is 2. The molecule has 0 saturated heterocycles. The number of carbonyl (C=O) groups is 2. The van der Waals surface area contributed by atoms with Gasteiger partial charge in [-0.05, 0) is 54.3 Å². The average Bonchev–Trinajstić information content (AvgIpc) is 2.83. The van der Waals surface area contributed by atoms with Crippen LogP contribution in [0.25, 0.3) is 0 Å². The molecule has 0 bridgehead atoms. The van der Waals surface area contributed by atoms with E-state index in [9.17, 15) is 18.0 Å². The number of anilines is 1. The lowest BCUT2D eigenvalue weighted by atomic mass is 10.0. The Morgan fingerprint density at radius 2 is 1.82 bits per heavy atom. The van der Waals surface area contributed by atoms with Gasteiger partial charge in [0.15, 0.2) is 0 Å². The van der Waals surface area contributed by atoms with Gasteiger partial charge >= 0.3 is 0 Å². The van der Waals surface area contributed by atoms with Gasteiger partial charge in [0.1, 0.15) is 6.04 Å². The first-order valence-corrected chi connectivity index (χ1v) is 12.1. The van der Waals surface area contributed by atoms with E-state index in [-0.39, 0.29) is 23.8 Å². The first-order chi connectivity index (χ1) is 15.9. The minimum absolute atomic E-state index is 0.0491. The number of hydrogen-bond donors (Lipinski definition) is 3. The molecular weight excluding hydrogens is 440 g/mol. The van der Waals surface area contributed by atoms with Gasteiger partial charge in [-0.1, -0.05) is 36.4 Å². The number of hydrogen-bond acceptors (Lipinski definition) is 5. The number of aryl methyl sites for hydroxylation is 1. The number of aromatic nitrogens is 1. The molecular formula is C24H24N4O4S. The van der Waals surface area contributed by atoms with Crippen LogP contribution in [0.15, 0.2) is 77.8 Å². The van der Waals surface area contributed by atoms with Gasteiger partial charge in [-0.3, -0.25) is 14.6 Å². The standard InChI is InChI=1S/C24H24N4O4S/c29-23-12-9-18-15-20(10-11-21(18)27-23)33(31,32)28-22(14-17-6-2-1-3-7-17)24(30)26-16-19-8-4-5-13-25-19/h1-8,10-11,13,15,22,28H,9,12,14,16H2,(H,26,30)(H,27,29). The van der Waals surface area contributed by atoms with Crippen molar-refractivity contribution >= 4 is 27.5 Å². The summed E-state index contributed by atoms with van der Waals surface area (Å²) < 4.78 is 28.9. The molecule has 3 N–H and O–H groups in total. The van der Waals surface area contributed by atoms with Gasteiger partial charge in [-0.15, -0.1) is 0 Å². The smallest absolute Gasteiger partial charge is 0.241 e. The SMILES string of the molecule is O=C1CCc2cc(S(=O)(=O)NC(Cc3ccccc3)C(=O)NCc3ccccn3)ccc2N1. The predicted octanol–water partition coefficient (Wildman–Crippen LogP) is 2.17. The van der Waals surface area contributed by atoms with E-state index in [4.69, 9.17) is 0 Å². The minimum atomic E-state index is -3.99. The highest BCUT2D eigenvalue weighted by atomic mass is 32.2. The molecule has 0 aliphatic carbocycles. The summed E-state index contributed by atoms with van der Waals surface area (Å²) in [5.74, 6) is -0.540. The second kappa shape index (κ2) is 9.93. The van der Waals surface area contributed by atoms with E-state index >= 15 is 0 Å². The van der Waals surface area contributed by atoms with E-state index in [0.29, 0.717) is 24.2 Å². The molecule has 0 saturated carbocycles. The highest BCUT2D eigenvalue weighted by Crippen LogP contribution is 2.25. The Balaban J connectivity index is 1.54. The first kappa shape index (κ1) is 22.6. The maximum atomic E-state index is 13.2. The minimum Gasteiger partial charge on any atom is -0.349 e. The fourth-order valence-electron chi connectivity index (χ4n) is 3.62. The zero-order valence-corrected chi connectivity index (χ0v) is 18.6. The van der Waals surface area contributed by atoms with Crippen molar-refractivity contribution < 1.29 is 18.0 Å². The molecule has 1 aliphatic rings. The summed E-state index contributed by atoms with van der Waals surface area (Å²) in [5.41, 5.74) is 2.85. The molecule has 9 heteroatoms. The quantitative estimate of drug-likeness (QED) is 0.472. The third-order valence-electron chi connectivity index (χ3n) is 5.35. The van der Waals surface area contributed by atoms with Gasteiger partial charge in [0.05, 0.1) is 17.1 Å². The van der Waals surface area contributed by atoms with Crippen LogP contribution in [0.3, 0.4) is 0 Å². The molecule has 0 fully saturated rings. The van der Waals surface area contributed by atoms with Gasteiger partial charge in [0, 0.05) is 18.3 Å². The van der Waals surface area contributed by atoms with Crippen molar-refractivity contribution in [3.05, 3.63) is 89.7 Å². The largest absolute Gasteiger partial charge is 0.349 e. The zero-order chi connectivity index (χ0) is 23.3. The lowest BCUT2D eigenvalue weighted by molar-refractivity contribution is -0.123. The van der Waals surface area contributed by atoms with Crippen molar-refractivity contribution in [1.29, 1.82) is 0 Å². The van der Waals surface area contributed by atoms with E-state index in [2.05, 4.69) is 20.3 Å². The van der Waals surface area contributed by atoms with Crippen LogP contribution in [0.2, 0.25) is 0 Å². The Hall–Kier alpha value is -3.56. The molecule has 1 unspecified atom stereocenters. The number of sulfonamides is 1. The number of carbonyl (C=O) groups excluding carboxylic acids is 2. The third-order valence-corrected chi connectivity index (χ3v) is 6.82. The summed E-state index contributed by atoms with van der Waals surface area (Å²) in [6.45, 7) is 0.186. The number of amides is 2. The normalized spacial score (nSPS) is 14.1. The monoisotopic (exact) mass is 464 g/mol. The van der Waals surface area contributed by atoms with Crippen LogP contribution in [-0.4, -0.2) is 31.3 Å². The van der Waals surface area contributed by atoms with Gasteiger partial charge < -0.3 is 10.6 Å². The summed E-state index contributed by atoms with van der Waals surface area (Å²) >= 11 is 0. The van der Waals surface area contributed by atoms with Crippen LogP contribution in [-0.2, 0) is 39.0 Å². The molecule has 0 radical (unpaired) electrons. The van der Waals surface area contributed by atoms with Crippen LogP contribution in [0.1, 0.15) is 23.2 Å². The Kier molecular flexibility index (Phi) is 6.81. The first-order valence-electron chi connectivity index (χ1n) is 10.6. The Labute approximate surface area is 192 Å². The molecule has 2 aromatic carbocycles. The summed E-state index contributed by atoms with van der Waals surface area (Å²) in [4.78, 5) is 28.8. The highest BCUT2D eigenvalue weighted by molar-refractivity contribution is 7.89. The van der Waals surface area contributed by atoms with E-state index in [1.54, 1.807) is 30.5 Å². The molecule has 3 aromatic rings. The van der Waals surface area contributed by atoms with E-state index in [0.717, 1.165) is 11.1 Å². The molecule has 4 rings (SSSR count). The zero-order valence-electron chi connectivity index (χ0n) is 17.8. The summed E-state index contributed by atoms with van der Waals surface area (Å²) in [7, 11) is -3.99. The fourth-order valence-corrected chi connectivity index (χ4v) is 4.87. The maximum absolute atomic E-state index is 13.2. The number of rotatable bonds is 8. The van der Waals surface area contributed by atoms with Crippen LogP contribution < -0.4 is 15.4 Å². The van der Waals surface area contributed by atoms with Crippen LogP contribution in [0.4, 0.5) is 5.69 Å². The van der Waals surface area contributed by atoms with Crippen molar-refractivity contribution in [2.45, 2.75) is 36.7 Å². The summed E-state index contributed by atoms with van der Waals surface area (Å²) in [6.07, 6.45) is 2.58. The van der Waals surface area contributed by atoms with Crippen LogP contribution in [0.5, 0.6) is 0 Å².